The van der Waals surface area contributed by atoms with Crippen molar-refractivity contribution in [2.45, 2.75) is 39.0 Å². The van der Waals surface area contributed by atoms with E-state index in [4.69, 9.17) is 4.74 Å². The molecule has 0 amide bonds. The van der Waals surface area contributed by atoms with Crippen molar-refractivity contribution in [2.75, 3.05) is 5.75 Å². The SMILES string of the molecule is CCCS(=O)(=O)Cc1nc(OC(C)C)nc(-c2ccc(=O)n(C)c2)n1. The van der Waals surface area contributed by atoms with E-state index in [9.17, 15) is 13.2 Å². The number of nitrogens with zero attached hydrogens (tertiary/aromatic N) is 4. The van der Waals surface area contributed by atoms with Gasteiger partial charge in [-0.25, -0.2) is 13.4 Å². The highest BCUT2D eigenvalue weighted by Gasteiger charge is 2.17. The van der Waals surface area contributed by atoms with E-state index in [1.165, 1.54) is 10.6 Å². The molecule has 0 spiro atoms. The van der Waals surface area contributed by atoms with Crippen molar-refractivity contribution in [3.05, 3.63) is 34.5 Å². The Labute approximate surface area is 146 Å². The third-order valence-electron chi connectivity index (χ3n) is 3.21. The quantitative estimate of drug-likeness (QED) is 0.728. The molecule has 0 unspecified atom stereocenters. The van der Waals surface area contributed by atoms with E-state index in [1.54, 1.807) is 26.2 Å². The van der Waals surface area contributed by atoms with Crippen molar-refractivity contribution < 1.29 is 13.2 Å². The molecule has 0 aliphatic rings. The zero-order valence-corrected chi connectivity index (χ0v) is 15.6. The average Bonchev–Trinajstić information content (AvgIpc) is 2.48. The van der Waals surface area contributed by atoms with Gasteiger partial charge >= 0.3 is 6.01 Å². The highest BCUT2D eigenvalue weighted by atomic mass is 32.2. The van der Waals surface area contributed by atoms with Crippen LogP contribution < -0.4 is 10.3 Å². The Morgan fingerprint density at radius 1 is 1.20 bits per heavy atom. The van der Waals surface area contributed by atoms with Crippen molar-refractivity contribution >= 4 is 9.84 Å². The summed E-state index contributed by atoms with van der Waals surface area (Å²) in [5.41, 5.74) is 0.412. The minimum Gasteiger partial charge on any atom is -0.461 e. The van der Waals surface area contributed by atoms with E-state index in [0.717, 1.165) is 0 Å². The van der Waals surface area contributed by atoms with Crippen LogP contribution in [0.3, 0.4) is 0 Å². The highest BCUT2D eigenvalue weighted by Crippen LogP contribution is 2.17. The van der Waals surface area contributed by atoms with Crippen molar-refractivity contribution in [3.8, 4) is 17.4 Å². The summed E-state index contributed by atoms with van der Waals surface area (Å²) in [6.07, 6.45) is 1.94. The van der Waals surface area contributed by atoms with Gasteiger partial charge in [0.2, 0.25) is 5.56 Å². The number of hydrogen-bond donors (Lipinski definition) is 0. The fourth-order valence-corrected chi connectivity index (χ4v) is 3.45. The number of pyridine rings is 1. The Hall–Kier alpha value is -2.29. The largest absolute Gasteiger partial charge is 0.461 e. The number of ether oxygens (including phenoxy) is 1. The van der Waals surface area contributed by atoms with Crippen molar-refractivity contribution in [2.24, 2.45) is 7.05 Å². The molecule has 0 atom stereocenters. The van der Waals surface area contributed by atoms with E-state index in [0.29, 0.717) is 12.0 Å². The van der Waals surface area contributed by atoms with Crippen LogP contribution in [0.4, 0.5) is 0 Å². The fraction of sp³-hybridized carbons (Fsp3) is 0.500. The van der Waals surface area contributed by atoms with Crippen LogP contribution >= 0.6 is 0 Å². The second kappa shape index (κ2) is 7.73. The van der Waals surface area contributed by atoms with E-state index < -0.39 is 9.84 Å². The lowest BCUT2D eigenvalue weighted by molar-refractivity contribution is 0.221. The molecule has 0 fully saturated rings. The molecular weight excluding hydrogens is 344 g/mol. The Bertz CT molecular complexity index is 907. The second-order valence-electron chi connectivity index (χ2n) is 5.98. The summed E-state index contributed by atoms with van der Waals surface area (Å²) >= 11 is 0. The van der Waals surface area contributed by atoms with Gasteiger partial charge in [0.05, 0.1) is 11.9 Å². The molecule has 0 N–H and O–H groups in total. The topological polar surface area (TPSA) is 104 Å². The molecule has 2 heterocycles. The van der Waals surface area contributed by atoms with E-state index in [-0.39, 0.29) is 40.8 Å². The normalized spacial score (nSPS) is 11.7. The van der Waals surface area contributed by atoms with Gasteiger partial charge in [-0.05, 0) is 26.3 Å². The van der Waals surface area contributed by atoms with Gasteiger partial charge in [-0.3, -0.25) is 4.79 Å². The molecule has 25 heavy (non-hydrogen) atoms. The molecule has 2 rings (SSSR count). The summed E-state index contributed by atoms with van der Waals surface area (Å²) in [5, 5.41) is 0. The van der Waals surface area contributed by atoms with Gasteiger partial charge in [0.15, 0.2) is 21.5 Å². The molecule has 0 aromatic carbocycles. The van der Waals surface area contributed by atoms with Gasteiger partial charge < -0.3 is 9.30 Å². The number of aromatic nitrogens is 4. The van der Waals surface area contributed by atoms with Gasteiger partial charge in [-0.15, -0.1) is 0 Å². The molecule has 2 aromatic heterocycles. The van der Waals surface area contributed by atoms with Crippen LogP contribution in [0.25, 0.3) is 11.4 Å². The fourth-order valence-electron chi connectivity index (χ4n) is 2.16. The van der Waals surface area contributed by atoms with Gasteiger partial charge in [-0.2, -0.15) is 9.97 Å². The summed E-state index contributed by atoms with van der Waals surface area (Å²) in [6.45, 7) is 5.44. The molecule has 0 aliphatic heterocycles. The molecule has 0 aliphatic carbocycles. The molecule has 2 aromatic rings. The summed E-state index contributed by atoms with van der Waals surface area (Å²) in [6, 6.07) is 3.05. The Balaban J connectivity index is 2.49. The minimum absolute atomic E-state index is 0.0637. The number of sulfone groups is 1. The van der Waals surface area contributed by atoms with Crippen LogP contribution in [-0.4, -0.2) is 39.8 Å². The Morgan fingerprint density at radius 2 is 1.92 bits per heavy atom. The van der Waals surface area contributed by atoms with Crippen molar-refractivity contribution in [1.82, 2.24) is 19.5 Å². The molecule has 0 saturated carbocycles. The zero-order valence-electron chi connectivity index (χ0n) is 14.8. The van der Waals surface area contributed by atoms with Crippen LogP contribution in [0, 0.1) is 0 Å². The standard InChI is InChI=1S/C16H22N4O4S/c1-5-8-25(22,23)10-13-17-15(19-16(18-13)24-11(2)3)12-6-7-14(21)20(4)9-12/h6-7,9,11H,5,8,10H2,1-4H3. The first-order chi connectivity index (χ1) is 11.7. The van der Waals surface area contributed by atoms with Crippen LogP contribution in [0.1, 0.15) is 33.0 Å². The molecule has 136 valence electrons. The maximum absolute atomic E-state index is 12.1. The van der Waals surface area contributed by atoms with Crippen LogP contribution in [-0.2, 0) is 22.6 Å². The van der Waals surface area contributed by atoms with Gasteiger partial charge in [0, 0.05) is 24.9 Å². The molecule has 0 bridgehead atoms. The first-order valence-corrected chi connectivity index (χ1v) is 9.81. The summed E-state index contributed by atoms with van der Waals surface area (Å²) in [4.78, 5) is 24.1. The van der Waals surface area contributed by atoms with Crippen LogP contribution in [0.15, 0.2) is 23.1 Å². The highest BCUT2D eigenvalue weighted by molar-refractivity contribution is 7.90. The average molecular weight is 366 g/mol. The third-order valence-corrected chi connectivity index (χ3v) is 4.94. The predicted octanol–water partition coefficient (Wildman–Crippen LogP) is 1.35. The van der Waals surface area contributed by atoms with E-state index in [1.807, 2.05) is 13.8 Å². The second-order valence-corrected chi connectivity index (χ2v) is 8.17. The van der Waals surface area contributed by atoms with Crippen molar-refractivity contribution in [1.29, 1.82) is 0 Å². The van der Waals surface area contributed by atoms with Gasteiger partial charge in [0.25, 0.3) is 0 Å². The predicted molar refractivity (Wildman–Crippen MR) is 94.0 cm³/mol. The number of aryl methyl sites for hydroxylation is 1. The third kappa shape index (κ3) is 5.35. The molecule has 8 nitrogen and oxygen atoms in total. The first kappa shape index (κ1) is 19.0. The minimum atomic E-state index is -3.31. The van der Waals surface area contributed by atoms with Crippen LogP contribution in [0.2, 0.25) is 0 Å². The first-order valence-electron chi connectivity index (χ1n) is 7.99. The summed E-state index contributed by atoms with van der Waals surface area (Å²) in [7, 11) is -1.69. The maximum Gasteiger partial charge on any atom is 0.320 e. The van der Waals surface area contributed by atoms with E-state index >= 15 is 0 Å². The lowest BCUT2D eigenvalue weighted by Crippen LogP contribution is -2.16. The Kier molecular flexibility index (Phi) is 5.89. The zero-order chi connectivity index (χ0) is 18.6. The Morgan fingerprint density at radius 3 is 2.52 bits per heavy atom. The van der Waals surface area contributed by atoms with E-state index in [2.05, 4.69) is 15.0 Å². The molecule has 0 radical (unpaired) electrons. The van der Waals surface area contributed by atoms with Crippen molar-refractivity contribution in [3.63, 3.8) is 0 Å². The summed E-state index contributed by atoms with van der Waals surface area (Å²) in [5.74, 6) is 0.177. The smallest absolute Gasteiger partial charge is 0.320 e. The van der Waals surface area contributed by atoms with Gasteiger partial charge in [0.1, 0.15) is 5.75 Å². The lowest BCUT2D eigenvalue weighted by atomic mass is 10.2. The molecular formula is C16H22N4O4S. The molecule has 0 saturated heterocycles. The number of hydrogen-bond acceptors (Lipinski definition) is 7. The maximum atomic E-state index is 12.1. The van der Waals surface area contributed by atoms with Gasteiger partial charge in [-0.1, -0.05) is 6.92 Å². The number of rotatable bonds is 7. The lowest BCUT2D eigenvalue weighted by Gasteiger charge is -2.11. The summed E-state index contributed by atoms with van der Waals surface area (Å²) < 4.78 is 31.1. The molecule has 9 heteroatoms. The monoisotopic (exact) mass is 366 g/mol. The van der Waals surface area contributed by atoms with Crippen LogP contribution in [0.5, 0.6) is 6.01 Å².